The molecule has 2 aromatic heterocycles. The lowest BCUT2D eigenvalue weighted by Gasteiger charge is -2.26. The van der Waals surface area contributed by atoms with Gasteiger partial charge in [-0.1, -0.05) is 13.3 Å². The Morgan fingerprint density at radius 2 is 1.90 bits per heavy atom. The number of likely N-dealkylation sites (tertiary alicyclic amines) is 1. The number of hydrogen-bond acceptors (Lipinski definition) is 4. The van der Waals surface area contributed by atoms with Crippen molar-refractivity contribution in [3.63, 3.8) is 0 Å². The number of pyridine rings is 1. The molecule has 1 aliphatic heterocycles. The summed E-state index contributed by atoms with van der Waals surface area (Å²) in [6.07, 6.45) is 7.56. The molecule has 1 aliphatic rings. The summed E-state index contributed by atoms with van der Waals surface area (Å²) in [4.78, 5) is 24.1. The molecule has 0 atom stereocenters. The van der Waals surface area contributed by atoms with Crippen molar-refractivity contribution in [3.05, 3.63) is 54.0 Å². The molecule has 6 heteroatoms. The molecule has 0 spiro atoms. The molecule has 4 rings (SSSR count). The molecular weight excluding hydrogens is 362 g/mol. The number of amides is 1. The third-order valence-corrected chi connectivity index (χ3v) is 5.57. The first kappa shape index (κ1) is 19.6. The predicted molar refractivity (Wildman–Crippen MR) is 115 cm³/mol. The minimum absolute atomic E-state index is 0.0143. The Bertz CT molecular complexity index is 957. The lowest BCUT2D eigenvalue weighted by atomic mass is 10.1. The Kier molecular flexibility index (Phi) is 6.20. The van der Waals surface area contributed by atoms with Gasteiger partial charge in [-0.3, -0.25) is 9.36 Å². The molecule has 1 saturated heterocycles. The fraction of sp³-hybridized carbons (Fsp3) is 0.435. The Morgan fingerprint density at radius 1 is 1.10 bits per heavy atom. The van der Waals surface area contributed by atoms with E-state index in [0.29, 0.717) is 12.1 Å². The minimum atomic E-state index is -0.0143. The minimum Gasteiger partial charge on any atom is -0.352 e. The van der Waals surface area contributed by atoms with Crippen LogP contribution in [0.4, 0.5) is 0 Å². The van der Waals surface area contributed by atoms with Gasteiger partial charge in [-0.15, -0.1) is 0 Å². The molecule has 6 nitrogen and oxygen atoms in total. The van der Waals surface area contributed by atoms with Crippen molar-refractivity contribution >= 4 is 17.1 Å². The van der Waals surface area contributed by atoms with Crippen LogP contribution in [0.2, 0.25) is 0 Å². The molecule has 3 aromatic rings. The number of aromatic nitrogens is 3. The van der Waals surface area contributed by atoms with Crippen LogP contribution in [0.5, 0.6) is 0 Å². The maximum atomic E-state index is 12.5. The van der Waals surface area contributed by atoms with Crippen molar-refractivity contribution in [2.24, 2.45) is 0 Å². The summed E-state index contributed by atoms with van der Waals surface area (Å²) >= 11 is 0. The van der Waals surface area contributed by atoms with E-state index in [1.807, 2.05) is 36.4 Å². The second-order valence-corrected chi connectivity index (χ2v) is 7.62. The van der Waals surface area contributed by atoms with Gasteiger partial charge >= 0.3 is 0 Å². The Labute approximate surface area is 172 Å². The normalized spacial score (nSPS) is 14.9. The SMILES string of the molecule is CCc1nc2cccnc2n1-c1ccc(C(=O)NCCCN2CCCCC2)cc1. The van der Waals surface area contributed by atoms with E-state index in [9.17, 15) is 4.79 Å². The highest BCUT2D eigenvalue weighted by atomic mass is 16.1. The molecule has 0 saturated carbocycles. The molecule has 0 aliphatic carbocycles. The summed E-state index contributed by atoms with van der Waals surface area (Å²) in [7, 11) is 0. The van der Waals surface area contributed by atoms with Gasteiger partial charge < -0.3 is 10.2 Å². The summed E-state index contributed by atoms with van der Waals surface area (Å²) in [5.74, 6) is 0.952. The van der Waals surface area contributed by atoms with Gasteiger partial charge in [0, 0.05) is 30.4 Å². The van der Waals surface area contributed by atoms with Gasteiger partial charge in [0.05, 0.1) is 0 Å². The fourth-order valence-corrected chi connectivity index (χ4v) is 4.02. The lowest BCUT2D eigenvalue weighted by Crippen LogP contribution is -2.33. The summed E-state index contributed by atoms with van der Waals surface area (Å²) in [5.41, 5.74) is 3.39. The van der Waals surface area contributed by atoms with Gasteiger partial charge in [-0.05, 0) is 75.3 Å². The molecule has 0 bridgehead atoms. The molecule has 0 radical (unpaired) electrons. The van der Waals surface area contributed by atoms with Crippen molar-refractivity contribution in [1.29, 1.82) is 0 Å². The average molecular weight is 392 g/mol. The highest BCUT2D eigenvalue weighted by Crippen LogP contribution is 2.20. The van der Waals surface area contributed by atoms with Crippen LogP contribution in [0.25, 0.3) is 16.9 Å². The monoisotopic (exact) mass is 391 g/mol. The first-order valence-corrected chi connectivity index (χ1v) is 10.7. The van der Waals surface area contributed by atoms with Gasteiger partial charge in [0.2, 0.25) is 0 Å². The first-order valence-electron chi connectivity index (χ1n) is 10.7. The average Bonchev–Trinajstić information content (AvgIpc) is 3.16. The Morgan fingerprint density at radius 3 is 2.66 bits per heavy atom. The van der Waals surface area contributed by atoms with Gasteiger partial charge in [0.1, 0.15) is 11.3 Å². The second-order valence-electron chi connectivity index (χ2n) is 7.62. The first-order chi connectivity index (χ1) is 14.3. The molecule has 1 amide bonds. The van der Waals surface area contributed by atoms with Crippen molar-refractivity contribution in [2.75, 3.05) is 26.2 Å². The molecule has 152 valence electrons. The summed E-state index contributed by atoms with van der Waals surface area (Å²) < 4.78 is 2.07. The van der Waals surface area contributed by atoms with Crippen LogP contribution in [-0.2, 0) is 6.42 Å². The number of carbonyl (C=O) groups is 1. The molecule has 1 aromatic carbocycles. The fourth-order valence-electron chi connectivity index (χ4n) is 4.02. The second kappa shape index (κ2) is 9.18. The summed E-state index contributed by atoms with van der Waals surface area (Å²) in [6.45, 7) is 6.27. The number of rotatable bonds is 7. The molecular formula is C23H29N5O. The number of piperidine rings is 1. The Balaban J connectivity index is 1.38. The number of benzene rings is 1. The lowest BCUT2D eigenvalue weighted by molar-refractivity contribution is 0.0951. The highest BCUT2D eigenvalue weighted by Gasteiger charge is 2.13. The Hall–Kier alpha value is -2.73. The number of fused-ring (bicyclic) bond motifs is 1. The number of carbonyl (C=O) groups excluding carboxylic acids is 1. The highest BCUT2D eigenvalue weighted by molar-refractivity contribution is 5.94. The molecule has 29 heavy (non-hydrogen) atoms. The zero-order chi connectivity index (χ0) is 20.1. The molecule has 3 heterocycles. The third-order valence-electron chi connectivity index (χ3n) is 5.57. The van der Waals surface area contributed by atoms with E-state index in [4.69, 9.17) is 0 Å². The van der Waals surface area contributed by atoms with Crippen molar-refractivity contribution in [2.45, 2.75) is 39.0 Å². The maximum absolute atomic E-state index is 12.5. The topological polar surface area (TPSA) is 63.1 Å². The van der Waals surface area contributed by atoms with E-state index in [1.54, 1.807) is 6.20 Å². The third kappa shape index (κ3) is 4.48. The van der Waals surface area contributed by atoms with Crippen molar-refractivity contribution in [1.82, 2.24) is 24.8 Å². The van der Waals surface area contributed by atoms with E-state index < -0.39 is 0 Å². The zero-order valence-corrected chi connectivity index (χ0v) is 17.1. The van der Waals surface area contributed by atoms with E-state index >= 15 is 0 Å². The predicted octanol–water partition coefficient (Wildman–Crippen LogP) is 3.59. The molecule has 1 N–H and O–H groups in total. The van der Waals surface area contributed by atoms with Gasteiger partial charge in [0.15, 0.2) is 5.65 Å². The maximum Gasteiger partial charge on any atom is 0.251 e. The van der Waals surface area contributed by atoms with Crippen LogP contribution in [0.1, 0.15) is 48.8 Å². The smallest absolute Gasteiger partial charge is 0.251 e. The van der Waals surface area contributed by atoms with Gasteiger partial charge in [-0.25, -0.2) is 9.97 Å². The van der Waals surface area contributed by atoms with Crippen LogP contribution in [0.3, 0.4) is 0 Å². The largest absolute Gasteiger partial charge is 0.352 e. The molecule has 0 unspecified atom stereocenters. The number of aryl methyl sites for hydroxylation is 1. The number of nitrogens with one attached hydrogen (secondary N) is 1. The van der Waals surface area contributed by atoms with Crippen molar-refractivity contribution in [3.8, 4) is 5.69 Å². The summed E-state index contributed by atoms with van der Waals surface area (Å²) in [6, 6.07) is 11.6. The standard InChI is InChI=1S/C23H29N5O/c1-2-21-26-20-8-6-13-24-22(20)28(21)19-11-9-18(10-12-19)23(29)25-14-7-17-27-15-4-3-5-16-27/h6,8-13H,2-5,7,14-17H2,1H3,(H,25,29). The number of hydrogen-bond donors (Lipinski definition) is 1. The van der Waals surface area contributed by atoms with Crippen LogP contribution in [0, 0.1) is 0 Å². The van der Waals surface area contributed by atoms with E-state index in [1.165, 1.54) is 32.4 Å². The molecule has 1 fully saturated rings. The quantitative estimate of drug-likeness (QED) is 0.625. The van der Waals surface area contributed by atoms with E-state index in [-0.39, 0.29) is 5.91 Å². The van der Waals surface area contributed by atoms with Gasteiger partial charge in [0.25, 0.3) is 5.91 Å². The van der Waals surface area contributed by atoms with E-state index in [2.05, 4.69) is 31.7 Å². The number of nitrogens with zero attached hydrogens (tertiary/aromatic N) is 4. The van der Waals surface area contributed by atoms with Gasteiger partial charge in [-0.2, -0.15) is 0 Å². The van der Waals surface area contributed by atoms with Crippen LogP contribution in [-0.4, -0.2) is 51.5 Å². The zero-order valence-electron chi connectivity index (χ0n) is 17.1. The van der Waals surface area contributed by atoms with Crippen LogP contribution in [0.15, 0.2) is 42.6 Å². The van der Waals surface area contributed by atoms with E-state index in [0.717, 1.165) is 42.1 Å². The van der Waals surface area contributed by atoms with Crippen molar-refractivity contribution < 1.29 is 4.79 Å². The number of imidazole rings is 1. The summed E-state index contributed by atoms with van der Waals surface area (Å²) in [5, 5.41) is 3.05. The van der Waals surface area contributed by atoms with Crippen LogP contribution >= 0.6 is 0 Å². The van der Waals surface area contributed by atoms with Crippen LogP contribution < -0.4 is 5.32 Å².